The third-order valence-corrected chi connectivity index (χ3v) is 3.63. The highest BCUT2D eigenvalue weighted by molar-refractivity contribution is 5.78. The van der Waals surface area contributed by atoms with Crippen molar-refractivity contribution in [3.05, 3.63) is 18.2 Å². The maximum absolute atomic E-state index is 12.6. The smallest absolute Gasteiger partial charge is 0.391 e. The van der Waals surface area contributed by atoms with Crippen molar-refractivity contribution < 1.29 is 17.6 Å². The van der Waals surface area contributed by atoms with Crippen molar-refractivity contribution in [2.24, 2.45) is 5.92 Å². The van der Waals surface area contributed by atoms with Gasteiger partial charge in [-0.15, -0.1) is 0 Å². The number of halogens is 3. The Labute approximate surface area is 113 Å². The predicted octanol–water partition coefficient (Wildman–Crippen LogP) is 3.19. The molecule has 2 N–H and O–H groups in total. The summed E-state index contributed by atoms with van der Waals surface area (Å²) < 4.78 is 43.4. The van der Waals surface area contributed by atoms with Gasteiger partial charge in [0.2, 0.25) is 0 Å². The number of nitrogens with zero attached hydrogens (tertiary/aromatic N) is 2. The number of aromatic nitrogens is 1. The number of hydrogen-bond donors (Lipinski definition) is 1. The van der Waals surface area contributed by atoms with Crippen LogP contribution in [0, 0.1) is 5.92 Å². The molecule has 1 aliphatic rings. The van der Waals surface area contributed by atoms with E-state index < -0.39 is 12.1 Å². The van der Waals surface area contributed by atoms with Gasteiger partial charge < -0.3 is 15.1 Å². The molecule has 0 bridgehead atoms. The SMILES string of the molecule is Nc1ccc2oc(N3CCC(C(F)(F)F)CC3)nc2c1. The molecule has 1 aromatic carbocycles. The quantitative estimate of drug-likeness (QED) is 0.818. The number of anilines is 2. The lowest BCUT2D eigenvalue weighted by molar-refractivity contribution is -0.179. The van der Waals surface area contributed by atoms with Crippen LogP contribution in [0.25, 0.3) is 11.1 Å². The number of rotatable bonds is 1. The Morgan fingerprint density at radius 1 is 1.25 bits per heavy atom. The van der Waals surface area contributed by atoms with Crippen molar-refractivity contribution in [3.63, 3.8) is 0 Å². The van der Waals surface area contributed by atoms with Crippen LogP contribution in [0.3, 0.4) is 0 Å². The second-order valence-corrected chi connectivity index (χ2v) is 5.03. The molecule has 2 aromatic rings. The number of benzene rings is 1. The average Bonchev–Trinajstić information content (AvgIpc) is 2.80. The topological polar surface area (TPSA) is 55.3 Å². The molecular formula is C13H14F3N3O. The Balaban J connectivity index is 1.76. The molecule has 0 aliphatic carbocycles. The first-order chi connectivity index (χ1) is 9.43. The third-order valence-electron chi connectivity index (χ3n) is 3.63. The van der Waals surface area contributed by atoms with Gasteiger partial charge in [-0.3, -0.25) is 0 Å². The van der Waals surface area contributed by atoms with Crippen LogP contribution >= 0.6 is 0 Å². The molecule has 1 aliphatic heterocycles. The lowest BCUT2D eigenvalue weighted by atomic mass is 9.97. The van der Waals surface area contributed by atoms with Crippen LogP contribution < -0.4 is 10.6 Å². The Hall–Kier alpha value is -1.92. The van der Waals surface area contributed by atoms with Gasteiger partial charge in [0.25, 0.3) is 6.01 Å². The van der Waals surface area contributed by atoms with Crippen molar-refractivity contribution in [2.75, 3.05) is 23.7 Å². The van der Waals surface area contributed by atoms with E-state index in [1.54, 1.807) is 23.1 Å². The van der Waals surface area contributed by atoms with Gasteiger partial charge in [0.1, 0.15) is 5.52 Å². The number of nitrogen functional groups attached to an aromatic ring is 1. The van der Waals surface area contributed by atoms with Crippen LogP contribution in [-0.4, -0.2) is 24.2 Å². The summed E-state index contributed by atoms with van der Waals surface area (Å²) in [5.41, 5.74) is 7.45. The lowest BCUT2D eigenvalue weighted by Gasteiger charge is -2.31. The highest BCUT2D eigenvalue weighted by atomic mass is 19.4. The normalized spacial score (nSPS) is 17.9. The monoisotopic (exact) mass is 285 g/mol. The number of piperidine rings is 1. The summed E-state index contributed by atoms with van der Waals surface area (Å²) >= 11 is 0. The van der Waals surface area contributed by atoms with Crippen LogP contribution in [0.2, 0.25) is 0 Å². The fourth-order valence-electron chi connectivity index (χ4n) is 2.47. The molecule has 0 unspecified atom stereocenters. The summed E-state index contributed by atoms with van der Waals surface area (Å²) in [7, 11) is 0. The summed E-state index contributed by atoms with van der Waals surface area (Å²) in [5.74, 6) is -1.22. The first-order valence-corrected chi connectivity index (χ1v) is 6.41. The van der Waals surface area contributed by atoms with Crippen LogP contribution in [0.1, 0.15) is 12.8 Å². The first kappa shape index (κ1) is 13.1. The molecule has 0 radical (unpaired) electrons. The molecule has 0 spiro atoms. The van der Waals surface area contributed by atoms with E-state index in [1.165, 1.54) is 0 Å². The van der Waals surface area contributed by atoms with E-state index in [2.05, 4.69) is 4.98 Å². The molecular weight excluding hydrogens is 271 g/mol. The second-order valence-electron chi connectivity index (χ2n) is 5.03. The van der Waals surface area contributed by atoms with Gasteiger partial charge in [0.05, 0.1) is 5.92 Å². The lowest BCUT2D eigenvalue weighted by Crippen LogP contribution is -2.39. The van der Waals surface area contributed by atoms with Gasteiger partial charge in [-0.25, -0.2) is 0 Å². The van der Waals surface area contributed by atoms with E-state index in [9.17, 15) is 13.2 Å². The summed E-state index contributed by atoms with van der Waals surface area (Å²) in [6.45, 7) is 0.596. The van der Waals surface area contributed by atoms with Gasteiger partial charge in [0, 0.05) is 18.8 Å². The maximum atomic E-state index is 12.6. The maximum Gasteiger partial charge on any atom is 0.391 e. The molecule has 4 nitrogen and oxygen atoms in total. The predicted molar refractivity (Wildman–Crippen MR) is 69.4 cm³/mol. The fraction of sp³-hybridized carbons (Fsp3) is 0.462. The number of hydrogen-bond acceptors (Lipinski definition) is 4. The third kappa shape index (κ3) is 2.39. The van der Waals surface area contributed by atoms with Crippen molar-refractivity contribution in [2.45, 2.75) is 19.0 Å². The number of nitrogens with two attached hydrogens (primary N) is 1. The fourth-order valence-corrected chi connectivity index (χ4v) is 2.47. The molecule has 7 heteroatoms. The molecule has 1 fully saturated rings. The highest BCUT2D eigenvalue weighted by Gasteiger charge is 2.41. The minimum Gasteiger partial charge on any atom is -0.423 e. The van der Waals surface area contributed by atoms with Crippen molar-refractivity contribution >= 4 is 22.8 Å². The first-order valence-electron chi connectivity index (χ1n) is 6.41. The number of fused-ring (bicyclic) bond motifs is 1. The molecule has 108 valence electrons. The second kappa shape index (κ2) is 4.57. The van der Waals surface area contributed by atoms with Crippen LogP contribution in [0.5, 0.6) is 0 Å². The van der Waals surface area contributed by atoms with E-state index >= 15 is 0 Å². The molecule has 3 rings (SSSR count). The minimum absolute atomic E-state index is 0.0738. The molecule has 1 saturated heterocycles. The summed E-state index contributed by atoms with van der Waals surface area (Å²) in [5, 5.41) is 0. The van der Waals surface area contributed by atoms with Gasteiger partial charge in [0.15, 0.2) is 5.58 Å². The molecule has 2 heterocycles. The van der Waals surface area contributed by atoms with E-state index in [4.69, 9.17) is 10.2 Å². The summed E-state index contributed by atoms with van der Waals surface area (Å²) in [6, 6.07) is 5.47. The largest absolute Gasteiger partial charge is 0.423 e. The molecule has 20 heavy (non-hydrogen) atoms. The van der Waals surface area contributed by atoms with E-state index in [0.29, 0.717) is 35.9 Å². The average molecular weight is 285 g/mol. The van der Waals surface area contributed by atoms with E-state index in [1.807, 2.05) is 0 Å². The Bertz CT molecular complexity index is 615. The summed E-state index contributed by atoms with van der Waals surface area (Å²) in [4.78, 5) is 6.03. The van der Waals surface area contributed by atoms with Gasteiger partial charge in [-0.2, -0.15) is 18.2 Å². The molecule has 0 amide bonds. The van der Waals surface area contributed by atoms with Crippen LogP contribution in [0.4, 0.5) is 24.9 Å². The van der Waals surface area contributed by atoms with Gasteiger partial charge in [-0.05, 0) is 31.0 Å². The Kier molecular flexibility index (Phi) is 2.99. The Morgan fingerprint density at radius 3 is 2.60 bits per heavy atom. The Morgan fingerprint density at radius 2 is 1.95 bits per heavy atom. The standard InChI is InChI=1S/C13H14F3N3O/c14-13(15,16)8-3-5-19(6-4-8)12-18-10-7-9(17)1-2-11(10)20-12/h1-2,7-8H,3-6,17H2. The molecule has 0 saturated carbocycles. The zero-order chi connectivity index (χ0) is 14.3. The van der Waals surface area contributed by atoms with Crippen molar-refractivity contribution in [1.82, 2.24) is 4.98 Å². The highest BCUT2D eigenvalue weighted by Crippen LogP contribution is 2.35. The number of alkyl halides is 3. The molecule has 1 aromatic heterocycles. The summed E-state index contributed by atoms with van der Waals surface area (Å²) in [6.07, 6.45) is -3.96. The van der Waals surface area contributed by atoms with Crippen molar-refractivity contribution in [3.8, 4) is 0 Å². The minimum atomic E-state index is -4.11. The van der Waals surface area contributed by atoms with Crippen LogP contribution in [-0.2, 0) is 0 Å². The van der Waals surface area contributed by atoms with Gasteiger partial charge >= 0.3 is 6.18 Å². The van der Waals surface area contributed by atoms with E-state index in [-0.39, 0.29) is 12.8 Å². The van der Waals surface area contributed by atoms with Gasteiger partial charge in [-0.1, -0.05) is 0 Å². The molecule has 0 atom stereocenters. The zero-order valence-electron chi connectivity index (χ0n) is 10.7. The van der Waals surface area contributed by atoms with E-state index in [0.717, 1.165) is 0 Å². The van der Waals surface area contributed by atoms with Crippen LogP contribution in [0.15, 0.2) is 22.6 Å². The number of oxazole rings is 1. The zero-order valence-corrected chi connectivity index (χ0v) is 10.7. The van der Waals surface area contributed by atoms with Crippen molar-refractivity contribution in [1.29, 1.82) is 0 Å².